The Labute approximate surface area is 179 Å². The zero-order valence-corrected chi connectivity index (χ0v) is 17.8. The first-order chi connectivity index (χ1) is 13.9. The van der Waals surface area contributed by atoms with Crippen LogP contribution in [0, 0.1) is 0 Å². The molecule has 0 aliphatic carbocycles. The molecular weight excluding hydrogens is 417 g/mol. The van der Waals surface area contributed by atoms with Crippen LogP contribution in [-0.2, 0) is 11.3 Å². The van der Waals surface area contributed by atoms with Gasteiger partial charge in [0.05, 0.1) is 12.1 Å². The van der Waals surface area contributed by atoms with E-state index in [1.807, 2.05) is 12.1 Å². The van der Waals surface area contributed by atoms with Crippen LogP contribution in [0.15, 0.2) is 30.5 Å². The van der Waals surface area contributed by atoms with Gasteiger partial charge in [-0.05, 0) is 25.1 Å². The number of rotatable bonds is 7. The van der Waals surface area contributed by atoms with Crippen LogP contribution in [-0.4, -0.2) is 60.4 Å². The number of carboxylic acids is 1. The van der Waals surface area contributed by atoms with Crippen LogP contribution >= 0.6 is 23.2 Å². The van der Waals surface area contributed by atoms with Crippen LogP contribution in [0.4, 0.5) is 5.82 Å². The molecule has 29 heavy (non-hydrogen) atoms. The summed E-state index contributed by atoms with van der Waals surface area (Å²) in [6.45, 7) is 5.16. The highest BCUT2D eigenvalue weighted by atomic mass is 35.5. The Morgan fingerprint density at radius 1 is 1.28 bits per heavy atom. The fourth-order valence-corrected chi connectivity index (χ4v) is 3.69. The summed E-state index contributed by atoms with van der Waals surface area (Å²) in [5.74, 6) is 0.563. The first-order valence-electron chi connectivity index (χ1n) is 9.22. The second-order valence-electron chi connectivity index (χ2n) is 6.77. The van der Waals surface area contributed by atoms with Crippen LogP contribution in [0.5, 0.6) is 11.5 Å². The molecule has 1 aromatic heterocycles. The number of piperazine rings is 1. The number of nitrogens with zero attached hydrogens (tertiary/aromatic N) is 3. The molecule has 1 unspecified atom stereocenters. The van der Waals surface area contributed by atoms with Crippen LogP contribution in [0.25, 0.3) is 0 Å². The second kappa shape index (κ2) is 9.52. The average molecular weight is 440 g/mol. The third-order valence-corrected chi connectivity index (χ3v) is 5.28. The van der Waals surface area contributed by atoms with E-state index in [2.05, 4.69) is 14.8 Å². The summed E-state index contributed by atoms with van der Waals surface area (Å²) in [5, 5.41) is 10.4. The Kier molecular flexibility index (Phi) is 7.05. The molecule has 1 saturated heterocycles. The number of hydrogen-bond acceptors (Lipinski definition) is 6. The molecular formula is C20H23Cl2N3O4. The maximum atomic E-state index is 11.2. The Hall–Kier alpha value is -2.22. The molecule has 0 saturated carbocycles. The molecule has 0 radical (unpaired) electrons. The van der Waals surface area contributed by atoms with E-state index in [-0.39, 0.29) is 0 Å². The van der Waals surface area contributed by atoms with Crippen molar-refractivity contribution in [3.8, 4) is 11.5 Å². The predicted octanol–water partition coefficient (Wildman–Crippen LogP) is 3.57. The van der Waals surface area contributed by atoms with Gasteiger partial charge in [-0.3, -0.25) is 4.90 Å². The lowest BCUT2D eigenvalue weighted by molar-refractivity contribution is -0.144. The first kappa shape index (κ1) is 21.5. The van der Waals surface area contributed by atoms with Crippen molar-refractivity contribution in [2.24, 2.45) is 0 Å². The molecule has 1 aliphatic rings. The number of anilines is 1. The normalized spacial score (nSPS) is 15.8. The zero-order chi connectivity index (χ0) is 21.0. The highest BCUT2D eigenvalue weighted by molar-refractivity contribution is 6.33. The van der Waals surface area contributed by atoms with E-state index in [4.69, 9.17) is 32.7 Å². The summed E-state index contributed by atoms with van der Waals surface area (Å²) in [7, 11) is 1.50. The van der Waals surface area contributed by atoms with Crippen LogP contribution in [0.3, 0.4) is 0 Å². The molecule has 7 nitrogen and oxygen atoms in total. The van der Waals surface area contributed by atoms with Crippen molar-refractivity contribution >= 4 is 35.0 Å². The largest absolute Gasteiger partial charge is 0.493 e. The van der Waals surface area contributed by atoms with E-state index in [9.17, 15) is 9.90 Å². The zero-order valence-electron chi connectivity index (χ0n) is 16.3. The minimum absolute atomic E-state index is 0.405. The van der Waals surface area contributed by atoms with Crippen LogP contribution in [0.1, 0.15) is 12.5 Å². The summed E-state index contributed by atoms with van der Waals surface area (Å²) in [6, 6.07) is 7.06. The lowest BCUT2D eigenvalue weighted by atomic mass is 10.1. The van der Waals surface area contributed by atoms with E-state index in [0.717, 1.165) is 37.6 Å². The predicted molar refractivity (Wildman–Crippen MR) is 112 cm³/mol. The number of hydrogen-bond donors (Lipinski definition) is 1. The van der Waals surface area contributed by atoms with Crippen molar-refractivity contribution in [3.05, 3.63) is 46.1 Å². The molecule has 1 atom stereocenters. The molecule has 9 heteroatoms. The fraction of sp³-hybridized carbons (Fsp3) is 0.400. The molecule has 0 spiro atoms. The van der Waals surface area contributed by atoms with Gasteiger partial charge in [0.25, 0.3) is 0 Å². The lowest BCUT2D eigenvalue weighted by Crippen LogP contribution is -2.46. The molecule has 0 bridgehead atoms. The van der Waals surface area contributed by atoms with Gasteiger partial charge in [-0.2, -0.15) is 0 Å². The van der Waals surface area contributed by atoms with Crippen molar-refractivity contribution in [2.75, 3.05) is 38.2 Å². The topological polar surface area (TPSA) is 75.1 Å². The van der Waals surface area contributed by atoms with E-state index in [1.54, 1.807) is 18.3 Å². The number of aliphatic carboxylic acids is 1. The van der Waals surface area contributed by atoms with Crippen LogP contribution in [0.2, 0.25) is 10.0 Å². The third-order valence-electron chi connectivity index (χ3n) is 4.76. The molecule has 2 heterocycles. The molecule has 156 valence electrons. The number of benzene rings is 1. The maximum absolute atomic E-state index is 11.2. The van der Waals surface area contributed by atoms with Crippen molar-refractivity contribution in [2.45, 2.75) is 19.6 Å². The highest BCUT2D eigenvalue weighted by Crippen LogP contribution is 2.36. The SMILES string of the molecule is COc1cc(Cl)cc(CN2CCN(c3ncccc3Cl)CC2)c1OC(C)C(=O)O. The van der Waals surface area contributed by atoms with Crippen molar-refractivity contribution < 1.29 is 19.4 Å². The highest BCUT2D eigenvalue weighted by Gasteiger charge is 2.24. The van der Waals surface area contributed by atoms with Gasteiger partial charge in [-0.15, -0.1) is 0 Å². The number of methoxy groups -OCH3 is 1. The van der Waals surface area contributed by atoms with E-state index in [0.29, 0.717) is 28.1 Å². The molecule has 3 rings (SSSR count). The fourth-order valence-electron chi connectivity index (χ4n) is 3.22. The van der Waals surface area contributed by atoms with Gasteiger partial charge in [0.2, 0.25) is 0 Å². The van der Waals surface area contributed by atoms with Crippen LogP contribution < -0.4 is 14.4 Å². The number of carboxylic acid groups (broad SMARTS) is 1. The molecule has 1 N–H and O–H groups in total. The monoisotopic (exact) mass is 439 g/mol. The number of aromatic nitrogens is 1. The number of ether oxygens (including phenoxy) is 2. The summed E-state index contributed by atoms with van der Waals surface area (Å²) < 4.78 is 11.1. The van der Waals surface area contributed by atoms with Gasteiger partial charge in [-0.25, -0.2) is 9.78 Å². The summed E-state index contributed by atoms with van der Waals surface area (Å²) in [5.41, 5.74) is 0.784. The number of pyridine rings is 1. The maximum Gasteiger partial charge on any atom is 0.344 e. The minimum Gasteiger partial charge on any atom is -0.493 e. The quantitative estimate of drug-likeness (QED) is 0.706. The van der Waals surface area contributed by atoms with E-state index < -0.39 is 12.1 Å². The smallest absolute Gasteiger partial charge is 0.344 e. The van der Waals surface area contributed by atoms with Crippen molar-refractivity contribution in [3.63, 3.8) is 0 Å². The van der Waals surface area contributed by atoms with E-state index in [1.165, 1.54) is 14.0 Å². The molecule has 1 fully saturated rings. The van der Waals surface area contributed by atoms with Gasteiger partial charge >= 0.3 is 5.97 Å². The summed E-state index contributed by atoms with van der Waals surface area (Å²) >= 11 is 12.5. The van der Waals surface area contributed by atoms with Gasteiger partial charge < -0.3 is 19.5 Å². The molecule has 1 aromatic carbocycles. The van der Waals surface area contributed by atoms with Gasteiger partial charge in [0.1, 0.15) is 5.82 Å². The van der Waals surface area contributed by atoms with Gasteiger partial charge in [0.15, 0.2) is 17.6 Å². The average Bonchev–Trinajstić information content (AvgIpc) is 2.70. The first-order valence-corrected chi connectivity index (χ1v) is 9.98. The number of carbonyl (C=O) groups is 1. The summed E-state index contributed by atoms with van der Waals surface area (Å²) in [6.07, 6.45) is 0.728. The van der Waals surface area contributed by atoms with Crippen molar-refractivity contribution in [1.82, 2.24) is 9.88 Å². The third kappa shape index (κ3) is 5.23. The Balaban J connectivity index is 1.74. The van der Waals surface area contributed by atoms with Gasteiger partial charge in [0, 0.05) is 55.6 Å². The van der Waals surface area contributed by atoms with Crippen molar-refractivity contribution in [1.29, 1.82) is 0 Å². The summed E-state index contributed by atoms with van der Waals surface area (Å²) in [4.78, 5) is 20.0. The van der Waals surface area contributed by atoms with Gasteiger partial charge in [-0.1, -0.05) is 23.2 Å². The Morgan fingerprint density at radius 3 is 2.62 bits per heavy atom. The molecule has 2 aromatic rings. The molecule has 1 aliphatic heterocycles. The lowest BCUT2D eigenvalue weighted by Gasteiger charge is -2.36. The Bertz CT molecular complexity index is 873. The standard InChI is InChI=1S/C20H23Cl2N3O4/c1-13(20(26)27)29-18-14(10-15(21)11-17(18)28-2)12-24-6-8-25(9-7-24)19-16(22)4-3-5-23-19/h3-5,10-11,13H,6-9,12H2,1-2H3,(H,26,27). The molecule has 0 amide bonds. The second-order valence-corrected chi connectivity index (χ2v) is 7.61. The minimum atomic E-state index is -1.05. The number of halogens is 2. The van der Waals surface area contributed by atoms with E-state index >= 15 is 0 Å². The Morgan fingerprint density at radius 2 is 2.00 bits per heavy atom.